The second-order valence-corrected chi connectivity index (χ2v) is 8.83. The van der Waals surface area contributed by atoms with Gasteiger partial charge in [0.25, 0.3) is 10.2 Å². The number of aliphatic hydroxyl groups is 1. The Hall–Kier alpha value is -2.76. The molecule has 0 aromatic heterocycles. The van der Waals surface area contributed by atoms with Crippen LogP contribution in [0.3, 0.4) is 0 Å². The molecular formula is C23H38N2O10. The maximum absolute atomic E-state index is 12.3. The molecule has 35 heavy (non-hydrogen) atoms. The van der Waals surface area contributed by atoms with E-state index in [1.165, 1.54) is 0 Å². The predicted octanol–water partition coefficient (Wildman–Crippen LogP) is 3.75. The van der Waals surface area contributed by atoms with Gasteiger partial charge >= 0.3 is 5.97 Å². The van der Waals surface area contributed by atoms with Crippen molar-refractivity contribution < 1.29 is 39.3 Å². The molecule has 1 fully saturated rings. The zero-order chi connectivity index (χ0) is 26.1. The summed E-state index contributed by atoms with van der Waals surface area (Å²) >= 11 is 0. The molecule has 3 atom stereocenters. The molecule has 1 aliphatic rings. The van der Waals surface area contributed by atoms with Crippen molar-refractivity contribution in [1.29, 1.82) is 0 Å². The number of allylic oxidation sites excluding steroid dienone is 1. The Kier molecular flexibility index (Phi) is 15.3. The summed E-state index contributed by atoms with van der Waals surface area (Å²) < 4.78 is 4.97. The van der Waals surface area contributed by atoms with Crippen molar-refractivity contribution in [3.8, 4) is 0 Å². The van der Waals surface area contributed by atoms with Crippen molar-refractivity contribution in [2.45, 2.75) is 96.2 Å². The minimum absolute atomic E-state index is 0.0250. The maximum atomic E-state index is 12.3. The van der Waals surface area contributed by atoms with Gasteiger partial charge < -0.3 is 19.5 Å². The molecule has 200 valence electrons. The van der Waals surface area contributed by atoms with Gasteiger partial charge in [-0.1, -0.05) is 57.6 Å². The highest BCUT2D eigenvalue weighted by Crippen LogP contribution is 2.34. The lowest BCUT2D eigenvalue weighted by molar-refractivity contribution is -0.768. The van der Waals surface area contributed by atoms with Crippen molar-refractivity contribution in [2.24, 2.45) is 11.8 Å². The molecule has 0 aromatic carbocycles. The Labute approximate surface area is 205 Å². The van der Waals surface area contributed by atoms with Crippen molar-refractivity contribution in [2.75, 3.05) is 13.2 Å². The number of hydrogen-bond donors (Lipinski definition) is 1. The van der Waals surface area contributed by atoms with Crippen LogP contribution >= 0.6 is 0 Å². The van der Waals surface area contributed by atoms with Gasteiger partial charge in [-0.25, -0.2) is 0 Å². The fourth-order valence-electron chi connectivity index (χ4n) is 4.15. The second kappa shape index (κ2) is 17.6. The van der Waals surface area contributed by atoms with Gasteiger partial charge in [-0.05, 0) is 31.6 Å². The van der Waals surface area contributed by atoms with Gasteiger partial charge in [-0.3, -0.25) is 9.59 Å². The van der Waals surface area contributed by atoms with E-state index in [-0.39, 0.29) is 24.0 Å². The zero-order valence-corrected chi connectivity index (χ0v) is 20.4. The van der Waals surface area contributed by atoms with Crippen molar-refractivity contribution >= 4 is 11.8 Å². The van der Waals surface area contributed by atoms with Crippen LogP contribution in [0.5, 0.6) is 0 Å². The average molecular weight is 503 g/mol. The smallest absolute Gasteiger partial charge is 0.306 e. The first-order valence-corrected chi connectivity index (χ1v) is 12.4. The zero-order valence-electron chi connectivity index (χ0n) is 20.4. The van der Waals surface area contributed by atoms with Crippen LogP contribution in [0.4, 0.5) is 0 Å². The van der Waals surface area contributed by atoms with Crippen molar-refractivity contribution in [1.82, 2.24) is 0 Å². The number of carbonyl (C=O) groups excluding carboxylic acids is 2. The standard InChI is InChI=1S/C23H38N2O10/c1-2-3-6-9-19(26)14-12-18-13-15-22(27)21(18)10-7-4-5-8-11-23(28)35-20(16-33-24(29)30)17-34-25(31)32/h12,14,18-21,26H,2-11,13,15-17H2,1H3/t18-,19-,21+/m0/s1. The molecular weight excluding hydrogens is 464 g/mol. The number of hydrogen-bond acceptors (Lipinski definition) is 10. The molecule has 1 saturated carbocycles. The number of rotatable bonds is 20. The van der Waals surface area contributed by atoms with E-state index in [1.807, 2.05) is 12.2 Å². The van der Waals surface area contributed by atoms with Gasteiger partial charge in [0.15, 0.2) is 0 Å². The first-order chi connectivity index (χ1) is 16.7. The fraction of sp³-hybridized carbons (Fsp3) is 0.826. The number of unbranched alkanes of at least 4 members (excludes halogenated alkanes) is 5. The van der Waals surface area contributed by atoms with Crippen LogP contribution in [0.2, 0.25) is 0 Å². The molecule has 12 heteroatoms. The Morgan fingerprint density at radius 1 is 1.09 bits per heavy atom. The predicted molar refractivity (Wildman–Crippen MR) is 124 cm³/mol. The summed E-state index contributed by atoms with van der Waals surface area (Å²) in [6, 6.07) is 0. The highest BCUT2D eigenvalue weighted by atomic mass is 17.0. The molecule has 0 spiro atoms. The molecule has 0 heterocycles. The summed E-state index contributed by atoms with van der Waals surface area (Å²) in [7, 11) is 0. The molecule has 1 aliphatic carbocycles. The highest BCUT2D eigenvalue weighted by Gasteiger charge is 2.32. The van der Waals surface area contributed by atoms with E-state index in [9.17, 15) is 34.9 Å². The van der Waals surface area contributed by atoms with Gasteiger partial charge in [-0.2, -0.15) is 0 Å². The van der Waals surface area contributed by atoms with E-state index in [2.05, 4.69) is 16.6 Å². The number of aliphatic hydroxyl groups excluding tert-OH is 1. The normalized spacial score (nSPS) is 18.7. The third-order valence-corrected chi connectivity index (χ3v) is 6.01. The molecule has 0 aromatic rings. The summed E-state index contributed by atoms with van der Waals surface area (Å²) in [5.41, 5.74) is 0. The summed E-state index contributed by atoms with van der Waals surface area (Å²) in [6.07, 6.45) is 11.2. The molecule has 0 saturated heterocycles. The molecule has 0 unspecified atom stereocenters. The number of ketones is 1. The Morgan fingerprint density at radius 3 is 2.37 bits per heavy atom. The summed E-state index contributed by atoms with van der Waals surface area (Å²) in [5.74, 6) is -0.243. The Balaban J connectivity index is 2.29. The van der Waals surface area contributed by atoms with Gasteiger partial charge in [0.1, 0.15) is 25.1 Å². The van der Waals surface area contributed by atoms with E-state index in [4.69, 9.17) is 4.74 Å². The van der Waals surface area contributed by atoms with Crippen LogP contribution in [0.15, 0.2) is 12.2 Å². The SMILES string of the molecule is CCCCC[C@H](O)C=C[C@H]1CCC(=O)[C@@H]1CCCCCCC(=O)OC(CO[N+](=O)[O-])CO[N+](=O)[O-]. The molecule has 0 radical (unpaired) electrons. The van der Waals surface area contributed by atoms with Gasteiger partial charge in [0.2, 0.25) is 0 Å². The first kappa shape index (κ1) is 30.3. The average Bonchev–Trinajstić information content (AvgIpc) is 3.15. The van der Waals surface area contributed by atoms with Gasteiger partial charge in [0, 0.05) is 18.8 Å². The molecule has 1 N–H and O–H groups in total. The fourth-order valence-corrected chi connectivity index (χ4v) is 4.15. The van der Waals surface area contributed by atoms with E-state index in [0.717, 1.165) is 57.8 Å². The summed E-state index contributed by atoms with van der Waals surface area (Å²) in [5, 5.41) is 28.5. The number of ether oxygens (including phenoxy) is 1. The number of Topliss-reactive ketones (excluding diaryl/α,β-unsaturated/α-hetero) is 1. The molecule has 0 amide bonds. The van der Waals surface area contributed by atoms with Crippen molar-refractivity contribution in [3.05, 3.63) is 32.4 Å². The first-order valence-electron chi connectivity index (χ1n) is 12.4. The second-order valence-electron chi connectivity index (χ2n) is 8.83. The van der Waals surface area contributed by atoms with Gasteiger partial charge in [-0.15, -0.1) is 20.2 Å². The van der Waals surface area contributed by atoms with E-state index < -0.39 is 41.6 Å². The van der Waals surface area contributed by atoms with E-state index in [0.29, 0.717) is 12.8 Å². The monoisotopic (exact) mass is 502 g/mol. The largest absolute Gasteiger partial charge is 0.458 e. The Bertz CT molecular complexity index is 682. The maximum Gasteiger partial charge on any atom is 0.306 e. The van der Waals surface area contributed by atoms with Crippen LogP contribution in [-0.4, -0.2) is 52.5 Å². The molecule has 0 aliphatic heterocycles. The lowest BCUT2D eigenvalue weighted by Crippen LogP contribution is -2.30. The van der Waals surface area contributed by atoms with Crippen molar-refractivity contribution in [3.63, 3.8) is 0 Å². The summed E-state index contributed by atoms with van der Waals surface area (Å²) in [4.78, 5) is 53.0. The highest BCUT2D eigenvalue weighted by molar-refractivity contribution is 5.83. The third kappa shape index (κ3) is 14.3. The summed E-state index contributed by atoms with van der Waals surface area (Å²) in [6.45, 7) is 0.800. The van der Waals surface area contributed by atoms with Gasteiger partial charge in [0.05, 0.1) is 6.10 Å². The number of nitrogens with zero attached hydrogens (tertiary/aromatic N) is 2. The van der Waals surface area contributed by atoms with Crippen LogP contribution in [0, 0.1) is 32.1 Å². The van der Waals surface area contributed by atoms with Crippen LogP contribution in [0.25, 0.3) is 0 Å². The third-order valence-electron chi connectivity index (χ3n) is 6.01. The minimum Gasteiger partial charge on any atom is -0.458 e. The Morgan fingerprint density at radius 2 is 1.74 bits per heavy atom. The minimum atomic E-state index is -1.26. The van der Waals surface area contributed by atoms with Crippen LogP contribution in [-0.2, 0) is 24.0 Å². The number of carbonyl (C=O) groups is 2. The lowest BCUT2D eigenvalue weighted by Gasteiger charge is -2.16. The topological polar surface area (TPSA) is 168 Å². The molecule has 1 rings (SSSR count). The molecule has 0 bridgehead atoms. The quantitative estimate of drug-likeness (QED) is 0.0850. The van der Waals surface area contributed by atoms with Crippen LogP contribution < -0.4 is 0 Å². The lowest BCUT2D eigenvalue weighted by atomic mass is 9.89. The van der Waals surface area contributed by atoms with E-state index >= 15 is 0 Å². The molecule has 12 nitrogen and oxygen atoms in total. The number of esters is 1. The van der Waals surface area contributed by atoms with Crippen LogP contribution in [0.1, 0.15) is 84.0 Å². The van der Waals surface area contributed by atoms with E-state index in [1.54, 1.807) is 0 Å².